The van der Waals surface area contributed by atoms with Gasteiger partial charge in [0.2, 0.25) is 0 Å². The Balaban J connectivity index is 1.49. The van der Waals surface area contributed by atoms with Gasteiger partial charge in [-0.2, -0.15) is 0 Å². The Kier molecular flexibility index (Phi) is 3.56. The van der Waals surface area contributed by atoms with Gasteiger partial charge in [0, 0.05) is 18.4 Å². The molecular weight excluding hydrogens is 306 g/mol. The summed E-state index contributed by atoms with van der Waals surface area (Å²) >= 11 is 0. The summed E-state index contributed by atoms with van der Waals surface area (Å²) in [5.41, 5.74) is -0.0419. The molecule has 4 fully saturated rings. The number of carbonyl (C=O) groups is 1. The van der Waals surface area contributed by atoms with Crippen molar-refractivity contribution in [3.05, 3.63) is 18.0 Å². The van der Waals surface area contributed by atoms with Crippen LogP contribution in [0, 0.1) is 17.3 Å². The Bertz CT molecular complexity index is 631. The van der Waals surface area contributed by atoms with E-state index in [9.17, 15) is 9.90 Å². The number of nitrogens with one attached hydrogen (secondary N) is 1. The van der Waals surface area contributed by atoms with Crippen molar-refractivity contribution in [2.75, 3.05) is 7.11 Å². The van der Waals surface area contributed by atoms with Crippen molar-refractivity contribution < 1.29 is 14.6 Å². The van der Waals surface area contributed by atoms with Crippen molar-refractivity contribution in [3.63, 3.8) is 0 Å². The first-order chi connectivity index (χ1) is 11.4. The van der Waals surface area contributed by atoms with E-state index >= 15 is 0 Å². The van der Waals surface area contributed by atoms with Gasteiger partial charge in [-0.1, -0.05) is 0 Å². The van der Waals surface area contributed by atoms with E-state index in [0.717, 1.165) is 32.1 Å². The van der Waals surface area contributed by atoms with E-state index in [1.807, 2.05) is 0 Å². The summed E-state index contributed by atoms with van der Waals surface area (Å²) in [6.07, 6.45) is 9.15. The van der Waals surface area contributed by atoms with Crippen LogP contribution in [0.3, 0.4) is 0 Å². The Labute approximate surface area is 142 Å². The maximum Gasteiger partial charge on any atom is 0.316 e. The van der Waals surface area contributed by atoms with E-state index in [1.165, 1.54) is 25.9 Å². The number of hydrogen-bond donors (Lipinski definition) is 2. The summed E-state index contributed by atoms with van der Waals surface area (Å²) in [6.45, 7) is 2.08. The number of hydrogen-bond acceptors (Lipinski definition) is 5. The number of aromatic nitrogens is 2. The van der Waals surface area contributed by atoms with Crippen molar-refractivity contribution in [2.24, 2.45) is 17.3 Å². The zero-order valence-electron chi connectivity index (χ0n) is 14.3. The number of rotatable bonds is 4. The SMILES string of the molecule is COc1ncc(C(=O)N[C@H](C)C23C[C@@H]4C[C@@H](CC(O)(C4)C2)C3)cn1. The predicted molar refractivity (Wildman–Crippen MR) is 87.6 cm³/mol. The van der Waals surface area contributed by atoms with Crippen LogP contribution in [-0.4, -0.2) is 39.7 Å². The van der Waals surface area contributed by atoms with Crippen LogP contribution in [0.15, 0.2) is 12.4 Å². The number of amides is 1. The molecule has 2 unspecified atom stereocenters. The first kappa shape index (κ1) is 15.8. The van der Waals surface area contributed by atoms with Gasteiger partial charge in [-0.3, -0.25) is 4.79 Å². The monoisotopic (exact) mass is 331 g/mol. The molecule has 5 rings (SSSR count). The van der Waals surface area contributed by atoms with Gasteiger partial charge in [0.25, 0.3) is 5.91 Å². The van der Waals surface area contributed by atoms with Crippen molar-refractivity contribution in [1.82, 2.24) is 15.3 Å². The summed E-state index contributed by atoms with van der Waals surface area (Å²) in [7, 11) is 1.49. The fourth-order valence-corrected chi connectivity index (χ4v) is 5.76. The minimum Gasteiger partial charge on any atom is -0.467 e. The molecule has 4 aliphatic carbocycles. The second kappa shape index (κ2) is 5.41. The molecule has 1 amide bonds. The summed E-state index contributed by atoms with van der Waals surface area (Å²) < 4.78 is 4.92. The lowest BCUT2D eigenvalue weighted by molar-refractivity contribution is -0.171. The van der Waals surface area contributed by atoms with Gasteiger partial charge in [-0.15, -0.1) is 0 Å². The van der Waals surface area contributed by atoms with Gasteiger partial charge >= 0.3 is 6.01 Å². The van der Waals surface area contributed by atoms with Gasteiger partial charge in [0.1, 0.15) is 0 Å². The molecule has 0 aliphatic heterocycles. The lowest BCUT2D eigenvalue weighted by Gasteiger charge is -2.62. The van der Waals surface area contributed by atoms with Gasteiger partial charge in [0.05, 0.1) is 18.3 Å². The minimum absolute atomic E-state index is 0.0296. The smallest absolute Gasteiger partial charge is 0.316 e. The summed E-state index contributed by atoms with van der Waals surface area (Å²) in [5, 5.41) is 14.0. The van der Waals surface area contributed by atoms with Crippen LogP contribution in [0.4, 0.5) is 0 Å². The molecule has 4 bridgehead atoms. The number of ether oxygens (including phenoxy) is 1. The first-order valence-corrected chi connectivity index (χ1v) is 8.81. The van der Waals surface area contributed by atoms with E-state index in [1.54, 1.807) is 0 Å². The largest absolute Gasteiger partial charge is 0.467 e. The molecule has 1 heterocycles. The number of nitrogens with zero attached hydrogens (tertiary/aromatic N) is 2. The van der Waals surface area contributed by atoms with Crippen molar-refractivity contribution >= 4 is 5.91 Å². The average molecular weight is 331 g/mol. The standard InChI is InChI=1S/C18H25N3O3/c1-11(21-15(22)14-8-19-16(24-2)20-9-14)17-4-12-3-13(5-17)7-18(23,6-12)10-17/h8-9,11-13,23H,3-7,10H2,1-2H3,(H,21,22)/t11-,12-,13+,17?,18?/m1/s1. The summed E-state index contributed by atoms with van der Waals surface area (Å²) in [6, 6.07) is 0.285. The normalized spacial score (nSPS) is 38.0. The maximum atomic E-state index is 12.5. The molecule has 4 aliphatic rings. The van der Waals surface area contributed by atoms with E-state index in [-0.39, 0.29) is 23.4 Å². The Morgan fingerprint density at radius 1 is 1.29 bits per heavy atom. The topological polar surface area (TPSA) is 84.3 Å². The molecule has 0 aromatic carbocycles. The predicted octanol–water partition coefficient (Wildman–Crippen LogP) is 1.93. The molecule has 0 saturated heterocycles. The molecule has 130 valence electrons. The molecule has 5 atom stereocenters. The van der Waals surface area contributed by atoms with Crippen LogP contribution in [0.1, 0.15) is 55.8 Å². The van der Waals surface area contributed by atoms with Crippen LogP contribution in [0.5, 0.6) is 6.01 Å². The molecule has 6 nitrogen and oxygen atoms in total. The second-order valence-corrected chi connectivity index (χ2v) is 8.20. The second-order valence-electron chi connectivity index (χ2n) is 8.20. The lowest BCUT2D eigenvalue weighted by Crippen LogP contribution is -2.61. The Morgan fingerprint density at radius 2 is 1.92 bits per heavy atom. The van der Waals surface area contributed by atoms with E-state index in [2.05, 4.69) is 22.2 Å². The maximum absolute atomic E-state index is 12.5. The van der Waals surface area contributed by atoms with Crippen LogP contribution < -0.4 is 10.1 Å². The molecule has 24 heavy (non-hydrogen) atoms. The molecule has 1 aromatic heterocycles. The molecule has 0 spiro atoms. The van der Waals surface area contributed by atoms with Gasteiger partial charge < -0.3 is 15.2 Å². The van der Waals surface area contributed by atoms with Gasteiger partial charge in [-0.25, -0.2) is 9.97 Å². The van der Waals surface area contributed by atoms with Gasteiger partial charge in [0.15, 0.2) is 0 Å². The Hall–Kier alpha value is -1.69. The first-order valence-electron chi connectivity index (χ1n) is 8.81. The highest BCUT2D eigenvalue weighted by Gasteiger charge is 2.59. The average Bonchev–Trinajstić information content (AvgIpc) is 2.52. The van der Waals surface area contributed by atoms with Crippen molar-refractivity contribution in [2.45, 2.75) is 57.1 Å². The molecular formula is C18H25N3O3. The zero-order chi connectivity index (χ0) is 16.9. The third kappa shape index (κ3) is 2.57. The quantitative estimate of drug-likeness (QED) is 0.881. The Morgan fingerprint density at radius 3 is 2.46 bits per heavy atom. The van der Waals surface area contributed by atoms with E-state index in [4.69, 9.17) is 4.74 Å². The lowest BCUT2D eigenvalue weighted by atomic mass is 9.46. The van der Waals surface area contributed by atoms with Crippen LogP contribution >= 0.6 is 0 Å². The molecule has 6 heteroatoms. The minimum atomic E-state index is -0.508. The van der Waals surface area contributed by atoms with Crippen LogP contribution in [0.25, 0.3) is 0 Å². The molecule has 4 saturated carbocycles. The fourth-order valence-electron chi connectivity index (χ4n) is 5.76. The van der Waals surface area contributed by atoms with Crippen molar-refractivity contribution in [1.29, 1.82) is 0 Å². The summed E-state index contributed by atoms with van der Waals surface area (Å²) in [4.78, 5) is 20.5. The molecule has 0 radical (unpaired) electrons. The van der Waals surface area contributed by atoms with Crippen molar-refractivity contribution in [3.8, 4) is 6.01 Å². The van der Waals surface area contributed by atoms with E-state index < -0.39 is 5.60 Å². The molecule has 1 aromatic rings. The fraction of sp³-hybridized carbons (Fsp3) is 0.722. The number of carbonyl (C=O) groups excluding carboxylic acids is 1. The van der Waals surface area contributed by atoms with Crippen LogP contribution in [-0.2, 0) is 0 Å². The highest BCUT2D eigenvalue weighted by Crippen LogP contribution is 2.62. The molecule has 2 N–H and O–H groups in total. The summed E-state index contributed by atoms with van der Waals surface area (Å²) in [5.74, 6) is 1.06. The zero-order valence-corrected chi connectivity index (χ0v) is 14.3. The van der Waals surface area contributed by atoms with E-state index in [0.29, 0.717) is 17.4 Å². The van der Waals surface area contributed by atoms with Gasteiger partial charge in [-0.05, 0) is 62.7 Å². The highest BCUT2D eigenvalue weighted by atomic mass is 16.5. The number of methoxy groups -OCH3 is 1. The highest BCUT2D eigenvalue weighted by molar-refractivity contribution is 5.93. The third-order valence-corrected chi connectivity index (χ3v) is 6.41. The van der Waals surface area contributed by atoms with Crippen LogP contribution in [0.2, 0.25) is 0 Å². The number of aliphatic hydroxyl groups is 1. The third-order valence-electron chi connectivity index (χ3n) is 6.41.